The molecule has 0 rings (SSSR count). The van der Waals surface area contributed by atoms with E-state index in [9.17, 15) is 4.55 Å². The molecule has 0 aromatic carbocycles. The van der Waals surface area contributed by atoms with Crippen LogP contribution in [0.25, 0.3) is 0 Å². The van der Waals surface area contributed by atoms with E-state index in [0.29, 0.717) is 5.92 Å². The van der Waals surface area contributed by atoms with Crippen LogP contribution < -0.4 is 0 Å². The highest BCUT2D eigenvalue weighted by Gasteiger charge is 2.25. The number of rotatable bonds is 5. The first-order valence-corrected chi connectivity index (χ1v) is 6.05. The highest BCUT2D eigenvalue weighted by atomic mass is 32.2. The molecule has 0 heterocycles. The molecule has 0 aromatic rings. The second kappa shape index (κ2) is 6.25. The summed E-state index contributed by atoms with van der Waals surface area (Å²) in [6.07, 6.45) is 5.69. The molecular formula is C11H21NOS. The molecular weight excluding hydrogens is 194 g/mol. The van der Waals surface area contributed by atoms with Crippen molar-refractivity contribution >= 4 is 17.6 Å². The fraction of sp³-hybridized carbons (Fsp3) is 0.727. The minimum absolute atomic E-state index is 0.255. The summed E-state index contributed by atoms with van der Waals surface area (Å²) in [4.78, 5) is 0. The van der Waals surface area contributed by atoms with Crippen LogP contribution >= 0.6 is 0 Å². The van der Waals surface area contributed by atoms with E-state index in [2.05, 4.69) is 17.9 Å². The summed E-state index contributed by atoms with van der Waals surface area (Å²) >= 11 is -1.12. The second-order valence-corrected chi connectivity index (χ2v) is 6.39. The van der Waals surface area contributed by atoms with Crippen molar-refractivity contribution in [3.05, 3.63) is 12.7 Å². The molecule has 2 nitrogen and oxygen atoms in total. The topological polar surface area (TPSA) is 35.4 Å². The van der Waals surface area contributed by atoms with Crippen LogP contribution in [0.15, 0.2) is 17.1 Å². The van der Waals surface area contributed by atoms with Crippen molar-refractivity contribution in [3.63, 3.8) is 0 Å². The maximum absolute atomic E-state index is 11.5. The van der Waals surface area contributed by atoms with Crippen LogP contribution in [0.5, 0.6) is 0 Å². The van der Waals surface area contributed by atoms with Crippen molar-refractivity contribution < 1.29 is 4.55 Å². The Balaban J connectivity index is 3.97. The molecule has 0 aliphatic heterocycles. The Hall–Kier alpha value is -0.280. The van der Waals surface area contributed by atoms with E-state index in [1.807, 2.05) is 26.8 Å². The Labute approximate surface area is 90.8 Å². The maximum atomic E-state index is 11.5. The Morgan fingerprint density at radius 3 is 2.50 bits per heavy atom. The summed E-state index contributed by atoms with van der Waals surface area (Å²) in [5, 5.41) is 0. The summed E-state index contributed by atoms with van der Waals surface area (Å²) in [5.41, 5.74) is 0. The summed E-state index contributed by atoms with van der Waals surface area (Å²) in [6, 6.07) is 0. The van der Waals surface area contributed by atoms with Crippen molar-refractivity contribution in [2.45, 2.75) is 45.3 Å². The first-order chi connectivity index (χ1) is 6.38. The van der Waals surface area contributed by atoms with Crippen LogP contribution in [0, 0.1) is 5.92 Å². The zero-order valence-corrected chi connectivity index (χ0v) is 10.4. The van der Waals surface area contributed by atoms with Gasteiger partial charge in [0.15, 0.2) is 0 Å². The third kappa shape index (κ3) is 6.22. The van der Waals surface area contributed by atoms with Crippen molar-refractivity contribution in [1.29, 1.82) is 0 Å². The number of allylic oxidation sites excluding steroid dienone is 1. The summed E-state index contributed by atoms with van der Waals surface area (Å²) < 4.78 is 15.3. The Morgan fingerprint density at radius 1 is 1.50 bits per heavy atom. The molecule has 0 saturated heterocycles. The van der Waals surface area contributed by atoms with Gasteiger partial charge in [-0.2, -0.15) is 0 Å². The van der Waals surface area contributed by atoms with Gasteiger partial charge < -0.3 is 4.55 Å². The van der Waals surface area contributed by atoms with Crippen LogP contribution in [0.1, 0.15) is 40.5 Å². The van der Waals surface area contributed by atoms with E-state index in [1.165, 1.54) is 0 Å². The van der Waals surface area contributed by atoms with Gasteiger partial charge in [-0.15, -0.1) is 6.58 Å². The lowest BCUT2D eigenvalue weighted by Gasteiger charge is -2.18. The van der Waals surface area contributed by atoms with Gasteiger partial charge in [-0.3, -0.25) is 0 Å². The third-order valence-electron chi connectivity index (χ3n) is 1.76. The lowest BCUT2D eigenvalue weighted by molar-refractivity contribution is 0.561. The third-order valence-corrected chi connectivity index (χ3v) is 3.12. The van der Waals surface area contributed by atoms with Crippen molar-refractivity contribution in [2.75, 3.05) is 0 Å². The minimum Gasteiger partial charge on any atom is -0.591 e. The quantitative estimate of drug-likeness (QED) is 0.394. The fourth-order valence-electron chi connectivity index (χ4n) is 0.773. The number of hydrogen-bond acceptors (Lipinski definition) is 2. The molecule has 0 fully saturated rings. The van der Waals surface area contributed by atoms with Gasteiger partial charge in [0, 0.05) is 0 Å². The van der Waals surface area contributed by atoms with Crippen molar-refractivity contribution in [2.24, 2.45) is 10.3 Å². The molecule has 0 aromatic heterocycles. The highest BCUT2D eigenvalue weighted by Crippen LogP contribution is 2.17. The van der Waals surface area contributed by atoms with E-state index < -0.39 is 11.4 Å². The van der Waals surface area contributed by atoms with Gasteiger partial charge in [-0.05, 0) is 39.5 Å². The molecule has 82 valence electrons. The van der Waals surface area contributed by atoms with Gasteiger partial charge in [0.1, 0.15) is 16.1 Å². The average Bonchev–Trinajstić information content (AvgIpc) is 2.09. The van der Waals surface area contributed by atoms with Crippen LogP contribution in [0.3, 0.4) is 0 Å². The molecule has 2 atom stereocenters. The molecule has 14 heavy (non-hydrogen) atoms. The first-order valence-electron chi connectivity index (χ1n) is 4.95. The Kier molecular flexibility index (Phi) is 6.12. The van der Waals surface area contributed by atoms with Crippen LogP contribution in [-0.4, -0.2) is 15.5 Å². The summed E-state index contributed by atoms with van der Waals surface area (Å²) in [6.45, 7) is 11.5. The maximum Gasteiger partial charge on any atom is 0.144 e. The number of nitrogens with zero attached hydrogens (tertiary/aromatic N) is 1. The Bertz CT molecular complexity index is 196. The van der Waals surface area contributed by atoms with Gasteiger partial charge in [0.2, 0.25) is 0 Å². The smallest absolute Gasteiger partial charge is 0.144 e. The molecule has 1 unspecified atom stereocenters. The van der Waals surface area contributed by atoms with Crippen LogP contribution in [0.4, 0.5) is 0 Å². The molecule has 0 amide bonds. The largest absolute Gasteiger partial charge is 0.591 e. The molecule has 0 radical (unpaired) electrons. The molecule has 0 bridgehead atoms. The average molecular weight is 215 g/mol. The summed E-state index contributed by atoms with van der Waals surface area (Å²) in [5.74, 6) is 0.374. The van der Waals surface area contributed by atoms with E-state index in [0.717, 1.165) is 12.8 Å². The van der Waals surface area contributed by atoms with E-state index in [-0.39, 0.29) is 4.75 Å². The Morgan fingerprint density at radius 2 is 2.07 bits per heavy atom. The van der Waals surface area contributed by atoms with E-state index >= 15 is 0 Å². The van der Waals surface area contributed by atoms with Gasteiger partial charge in [0.25, 0.3) is 0 Å². The van der Waals surface area contributed by atoms with Gasteiger partial charge in [-0.25, -0.2) is 0 Å². The zero-order valence-electron chi connectivity index (χ0n) is 9.62. The molecule has 0 aliphatic carbocycles. The molecule has 0 N–H and O–H groups in total. The number of hydrogen-bond donors (Lipinski definition) is 0. The second-order valence-electron chi connectivity index (χ2n) is 4.46. The standard InChI is InChI=1S/C11H21NOS/c1-6-7-8-10(2)9-12-14(13)11(3,4)5/h6,9-10H,1,7-8H2,2-5H3/t10-,14?/m1/s1. The predicted molar refractivity (Wildman–Crippen MR) is 65.0 cm³/mol. The molecule has 3 heteroatoms. The zero-order chi connectivity index (χ0) is 11.2. The van der Waals surface area contributed by atoms with Gasteiger partial charge in [-0.1, -0.05) is 17.4 Å². The van der Waals surface area contributed by atoms with Gasteiger partial charge >= 0.3 is 0 Å². The SMILES string of the molecule is C=CCC[C@@H](C)C=N[S+]([O-])C(C)(C)C. The minimum atomic E-state index is -1.12. The van der Waals surface area contributed by atoms with Crippen LogP contribution in [-0.2, 0) is 11.4 Å². The first kappa shape index (κ1) is 13.7. The molecule has 0 saturated carbocycles. The highest BCUT2D eigenvalue weighted by molar-refractivity contribution is 7.91. The van der Waals surface area contributed by atoms with Crippen molar-refractivity contribution in [3.8, 4) is 0 Å². The lowest BCUT2D eigenvalue weighted by Crippen LogP contribution is -2.26. The van der Waals surface area contributed by atoms with Crippen LogP contribution in [0.2, 0.25) is 0 Å². The predicted octanol–water partition coefficient (Wildman–Crippen LogP) is 3.12. The fourth-order valence-corrected chi connectivity index (χ4v) is 1.41. The normalized spacial score (nSPS) is 16.9. The van der Waals surface area contributed by atoms with E-state index in [1.54, 1.807) is 6.21 Å². The monoisotopic (exact) mass is 215 g/mol. The van der Waals surface area contributed by atoms with Gasteiger partial charge in [0.05, 0.1) is 6.21 Å². The lowest BCUT2D eigenvalue weighted by atomic mass is 10.1. The van der Waals surface area contributed by atoms with E-state index in [4.69, 9.17) is 0 Å². The van der Waals surface area contributed by atoms with Crippen molar-refractivity contribution in [1.82, 2.24) is 0 Å². The molecule has 0 aliphatic rings. The summed E-state index contributed by atoms with van der Waals surface area (Å²) in [7, 11) is 0. The molecule has 0 spiro atoms.